The van der Waals surface area contributed by atoms with Crippen LogP contribution in [0.1, 0.15) is 17.4 Å². The maximum atomic E-state index is 13.0. The molecular weight excluding hydrogens is 277 g/mol. The molecule has 6 nitrogen and oxygen atoms in total. The molecule has 7 heteroatoms. The summed E-state index contributed by atoms with van der Waals surface area (Å²) >= 11 is 0. The van der Waals surface area contributed by atoms with E-state index in [4.69, 9.17) is 9.68 Å². The van der Waals surface area contributed by atoms with Crippen molar-refractivity contribution in [3.8, 4) is 6.07 Å². The highest BCUT2D eigenvalue weighted by atomic mass is 19.1. The second kappa shape index (κ2) is 6.54. The van der Waals surface area contributed by atoms with Crippen LogP contribution in [-0.2, 0) is 0 Å². The molecule has 2 aromatic rings. The Bertz CT molecular complexity index is 665. The van der Waals surface area contributed by atoms with Crippen molar-refractivity contribution in [2.75, 3.05) is 11.9 Å². The Labute approximate surface area is 119 Å². The van der Waals surface area contributed by atoms with Gasteiger partial charge in [0.2, 0.25) is 0 Å². The molecule has 1 aromatic heterocycles. The molecule has 0 bridgehead atoms. The molecule has 1 heterocycles. The van der Waals surface area contributed by atoms with Crippen LogP contribution in [0.2, 0.25) is 0 Å². The van der Waals surface area contributed by atoms with Gasteiger partial charge in [-0.25, -0.2) is 9.18 Å². The minimum absolute atomic E-state index is 0.0109. The number of furan rings is 1. The van der Waals surface area contributed by atoms with Gasteiger partial charge in [-0.1, -0.05) is 0 Å². The van der Waals surface area contributed by atoms with Crippen LogP contribution in [-0.4, -0.2) is 17.7 Å². The highest BCUT2D eigenvalue weighted by Gasteiger charge is 2.13. The number of hydrogen-bond donors (Lipinski definition) is 3. The maximum absolute atomic E-state index is 13.0. The molecular formula is C14H12FN3O3. The second-order valence-corrected chi connectivity index (χ2v) is 4.17. The number of nitriles is 1. The minimum atomic E-state index is -0.977. The molecule has 3 N–H and O–H groups in total. The van der Waals surface area contributed by atoms with Gasteiger partial charge in [-0.15, -0.1) is 0 Å². The van der Waals surface area contributed by atoms with Crippen molar-refractivity contribution < 1.29 is 18.7 Å². The van der Waals surface area contributed by atoms with Gasteiger partial charge in [0, 0.05) is 0 Å². The van der Waals surface area contributed by atoms with Gasteiger partial charge in [0.15, 0.2) is 0 Å². The van der Waals surface area contributed by atoms with Crippen molar-refractivity contribution in [3.63, 3.8) is 0 Å². The molecule has 1 aromatic carbocycles. The molecule has 0 saturated carbocycles. The fourth-order valence-electron chi connectivity index (χ4n) is 1.66. The zero-order valence-corrected chi connectivity index (χ0v) is 10.8. The monoisotopic (exact) mass is 289 g/mol. The molecule has 2 rings (SSSR count). The van der Waals surface area contributed by atoms with Crippen molar-refractivity contribution in [1.29, 1.82) is 5.26 Å². The molecule has 0 aliphatic carbocycles. The number of rotatable bonds is 4. The number of amides is 2. The number of aliphatic hydroxyl groups excluding tert-OH is 1. The third-order valence-electron chi connectivity index (χ3n) is 2.68. The van der Waals surface area contributed by atoms with Crippen molar-refractivity contribution in [3.05, 3.63) is 53.7 Å². The molecule has 0 aliphatic rings. The average molecular weight is 289 g/mol. The van der Waals surface area contributed by atoms with Gasteiger partial charge in [-0.2, -0.15) is 5.26 Å². The number of benzene rings is 1. The fraction of sp³-hybridized carbons (Fsp3) is 0.143. The third-order valence-corrected chi connectivity index (χ3v) is 2.68. The van der Waals surface area contributed by atoms with Gasteiger partial charge < -0.3 is 20.2 Å². The zero-order chi connectivity index (χ0) is 15.2. The van der Waals surface area contributed by atoms with Crippen LogP contribution in [0.5, 0.6) is 0 Å². The van der Waals surface area contributed by atoms with Gasteiger partial charge in [-0.05, 0) is 30.3 Å². The van der Waals surface area contributed by atoms with E-state index in [1.165, 1.54) is 12.3 Å². The Kier molecular flexibility index (Phi) is 4.53. The Balaban J connectivity index is 1.92. The first-order chi connectivity index (χ1) is 10.1. The Morgan fingerprint density at radius 2 is 2.29 bits per heavy atom. The van der Waals surface area contributed by atoms with Crippen molar-refractivity contribution >= 4 is 11.7 Å². The van der Waals surface area contributed by atoms with E-state index in [1.807, 2.05) is 0 Å². The number of nitrogens with one attached hydrogen (secondary N) is 2. The van der Waals surface area contributed by atoms with Gasteiger partial charge in [0.25, 0.3) is 0 Å². The largest absolute Gasteiger partial charge is 0.467 e. The topological polar surface area (TPSA) is 98.3 Å². The first kappa shape index (κ1) is 14.6. The number of halogens is 1. The molecule has 2 amide bonds. The van der Waals surface area contributed by atoms with Crippen LogP contribution < -0.4 is 10.6 Å². The van der Waals surface area contributed by atoms with Crippen LogP contribution in [0.4, 0.5) is 14.9 Å². The standard InChI is InChI=1S/C14H12FN3O3/c15-10-3-4-11(9(6-10)7-16)18-14(20)17-8-12(19)13-2-1-5-21-13/h1-6,12,19H,8H2,(H2,17,18,20). The molecule has 1 atom stereocenters. The Hall–Kier alpha value is -2.85. The number of nitrogens with zero attached hydrogens (tertiary/aromatic N) is 1. The summed E-state index contributed by atoms with van der Waals surface area (Å²) in [6.45, 7) is -0.0670. The third kappa shape index (κ3) is 3.81. The lowest BCUT2D eigenvalue weighted by Gasteiger charge is -2.11. The molecule has 1 unspecified atom stereocenters. The van der Waals surface area contributed by atoms with Crippen LogP contribution in [0.15, 0.2) is 41.0 Å². The lowest BCUT2D eigenvalue weighted by molar-refractivity contribution is 0.149. The first-order valence-electron chi connectivity index (χ1n) is 6.06. The molecule has 0 spiro atoms. The van der Waals surface area contributed by atoms with Gasteiger partial charge in [0.05, 0.1) is 24.1 Å². The fourth-order valence-corrected chi connectivity index (χ4v) is 1.66. The summed E-state index contributed by atoms with van der Waals surface area (Å²) in [6.07, 6.45) is 0.436. The highest BCUT2D eigenvalue weighted by Crippen LogP contribution is 2.16. The maximum Gasteiger partial charge on any atom is 0.319 e. The quantitative estimate of drug-likeness (QED) is 0.803. The number of carbonyl (C=O) groups excluding carboxylic acids is 1. The predicted octanol–water partition coefficient (Wildman–Crippen LogP) is 2.15. The summed E-state index contributed by atoms with van der Waals surface area (Å²) in [5, 5.41) is 23.4. The van der Waals surface area contributed by atoms with Crippen LogP contribution in [0.25, 0.3) is 0 Å². The summed E-state index contributed by atoms with van der Waals surface area (Å²) in [5.74, 6) is -0.236. The van der Waals surface area contributed by atoms with E-state index in [2.05, 4.69) is 10.6 Å². The molecule has 0 fully saturated rings. The highest BCUT2D eigenvalue weighted by molar-refractivity contribution is 5.90. The molecule has 0 radical (unpaired) electrons. The van der Waals surface area contributed by atoms with Crippen molar-refractivity contribution in [2.45, 2.75) is 6.10 Å². The van der Waals surface area contributed by atoms with Crippen LogP contribution >= 0.6 is 0 Å². The van der Waals surface area contributed by atoms with E-state index in [0.29, 0.717) is 5.76 Å². The normalized spacial score (nSPS) is 11.5. The summed E-state index contributed by atoms with van der Waals surface area (Å²) in [7, 11) is 0. The molecule has 0 saturated heterocycles. The minimum Gasteiger partial charge on any atom is -0.467 e. The van der Waals surface area contributed by atoms with Crippen LogP contribution in [0.3, 0.4) is 0 Å². The van der Waals surface area contributed by atoms with E-state index in [0.717, 1.165) is 12.1 Å². The zero-order valence-electron chi connectivity index (χ0n) is 10.8. The van der Waals surface area contributed by atoms with E-state index < -0.39 is 18.0 Å². The lowest BCUT2D eigenvalue weighted by atomic mass is 10.2. The number of hydrogen-bond acceptors (Lipinski definition) is 4. The van der Waals surface area contributed by atoms with Crippen LogP contribution in [0, 0.1) is 17.1 Å². The van der Waals surface area contributed by atoms with Gasteiger partial charge in [-0.3, -0.25) is 0 Å². The van der Waals surface area contributed by atoms with E-state index in [1.54, 1.807) is 18.2 Å². The summed E-state index contributed by atoms with van der Waals surface area (Å²) in [6, 6.07) is 7.81. The lowest BCUT2D eigenvalue weighted by Crippen LogP contribution is -2.32. The number of aliphatic hydroxyl groups is 1. The van der Waals surface area contributed by atoms with E-state index in [-0.39, 0.29) is 17.8 Å². The summed E-state index contributed by atoms with van der Waals surface area (Å²) in [4.78, 5) is 11.7. The molecule has 108 valence electrons. The first-order valence-corrected chi connectivity index (χ1v) is 6.06. The summed E-state index contributed by atoms with van der Waals surface area (Å²) in [5.41, 5.74) is 0.195. The van der Waals surface area contributed by atoms with Crippen molar-refractivity contribution in [1.82, 2.24) is 5.32 Å². The molecule has 0 aliphatic heterocycles. The second-order valence-electron chi connectivity index (χ2n) is 4.17. The van der Waals surface area contributed by atoms with Crippen molar-refractivity contribution in [2.24, 2.45) is 0 Å². The van der Waals surface area contributed by atoms with E-state index in [9.17, 15) is 14.3 Å². The van der Waals surface area contributed by atoms with Gasteiger partial charge in [0.1, 0.15) is 23.8 Å². The number of urea groups is 1. The Morgan fingerprint density at radius 3 is 2.95 bits per heavy atom. The van der Waals surface area contributed by atoms with Gasteiger partial charge >= 0.3 is 6.03 Å². The number of carbonyl (C=O) groups is 1. The smallest absolute Gasteiger partial charge is 0.319 e. The molecule has 21 heavy (non-hydrogen) atoms. The Morgan fingerprint density at radius 1 is 1.48 bits per heavy atom. The SMILES string of the molecule is N#Cc1cc(F)ccc1NC(=O)NCC(O)c1ccco1. The van der Waals surface area contributed by atoms with E-state index >= 15 is 0 Å². The summed E-state index contributed by atoms with van der Waals surface area (Å²) < 4.78 is 17.9. The average Bonchev–Trinajstić information content (AvgIpc) is 3.01. The predicted molar refractivity (Wildman–Crippen MR) is 71.8 cm³/mol. The number of anilines is 1.